The van der Waals surface area contributed by atoms with E-state index < -0.39 is 0 Å². The Balaban J connectivity index is 1.99. The van der Waals surface area contributed by atoms with E-state index in [-0.39, 0.29) is 0 Å². The van der Waals surface area contributed by atoms with Crippen LogP contribution in [0, 0.1) is 13.8 Å². The molecule has 0 saturated heterocycles. The van der Waals surface area contributed by atoms with Gasteiger partial charge in [-0.2, -0.15) is 0 Å². The van der Waals surface area contributed by atoms with Crippen LogP contribution in [0.4, 0.5) is 10.9 Å². The van der Waals surface area contributed by atoms with Gasteiger partial charge in [-0.1, -0.05) is 35.1 Å². The minimum atomic E-state index is 0.437. The fourth-order valence-electron chi connectivity index (χ4n) is 1.72. The number of hydrogen-bond donors (Lipinski definition) is 1. The monoisotopic (exact) mass is 290 g/mol. The number of thiazole rings is 1. The van der Waals surface area contributed by atoms with Crippen LogP contribution in [0.15, 0.2) is 24.3 Å². The standard InChI is InChI=1S/C13H11ClN4S/c1-7-8(2)12(18-17-11(7)14)16-13-15-9-5-3-4-6-10(9)19-13/h3-6H,1-2H3,(H,15,16,18). The predicted octanol–water partition coefficient (Wildman–Crippen LogP) is 4.10. The quantitative estimate of drug-likeness (QED) is 0.772. The molecule has 3 rings (SSSR count). The SMILES string of the molecule is Cc1c(Cl)nnc(Nc2nc3ccccc3s2)c1C. The third-order valence-electron chi connectivity index (χ3n) is 2.98. The van der Waals surface area contributed by atoms with Gasteiger partial charge in [0.25, 0.3) is 0 Å². The number of anilines is 2. The average molecular weight is 291 g/mol. The molecule has 0 radical (unpaired) electrons. The number of aromatic nitrogens is 3. The zero-order valence-corrected chi connectivity index (χ0v) is 12.0. The Hall–Kier alpha value is -1.72. The van der Waals surface area contributed by atoms with Gasteiger partial charge in [0.05, 0.1) is 10.2 Å². The molecule has 0 spiro atoms. The summed E-state index contributed by atoms with van der Waals surface area (Å²) in [5.41, 5.74) is 2.89. The van der Waals surface area contributed by atoms with E-state index in [1.807, 2.05) is 38.1 Å². The number of benzene rings is 1. The van der Waals surface area contributed by atoms with Crippen LogP contribution in [0.5, 0.6) is 0 Å². The summed E-state index contributed by atoms with van der Waals surface area (Å²) in [6, 6.07) is 8.01. The molecule has 0 amide bonds. The van der Waals surface area contributed by atoms with Crippen molar-refractivity contribution < 1.29 is 0 Å². The second kappa shape index (κ2) is 4.75. The zero-order valence-electron chi connectivity index (χ0n) is 10.4. The van der Waals surface area contributed by atoms with E-state index in [0.717, 1.165) is 26.5 Å². The van der Waals surface area contributed by atoms with Crippen LogP contribution in [0.3, 0.4) is 0 Å². The molecule has 0 bridgehead atoms. The Morgan fingerprint density at radius 2 is 1.89 bits per heavy atom. The molecular weight excluding hydrogens is 280 g/mol. The van der Waals surface area contributed by atoms with Gasteiger partial charge in [-0.05, 0) is 37.1 Å². The van der Waals surface area contributed by atoms with Crippen molar-refractivity contribution >= 4 is 44.1 Å². The molecular formula is C13H11ClN4S. The molecule has 1 N–H and O–H groups in total. The second-order valence-electron chi connectivity index (χ2n) is 4.20. The lowest BCUT2D eigenvalue weighted by Crippen LogP contribution is -2.00. The molecule has 0 aliphatic rings. The van der Waals surface area contributed by atoms with Crippen LogP contribution >= 0.6 is 22.9 Å². The Bertz CT molecular complexity index is 720. The van der Waals surface area contributed by atoms with E-state index in [4.69, 9.17) is 11.6 Å². The second-order valence-corrected chi connectivity index (χ2v) is 5.59. The highest BCUT2D eigenvalue weighted by Crippen LogP contribution is 2.29. The van der Waals surface area contributed by atoms with Crippen molar-refractivity contribution in [1.82, 2.24) is 15.2 Å². The number of nitrogens with zero attached hydrogens (tertiary/aromatic N) is 3. The maximum Gasteiger partial charge on any atom is 0.189 e. The summed E-state index contributed by atoms with van der Waals surface area (Å²) in [4.78, 5) is 4.51. The van der Waals surface area contributed by atoms with Gasteiger partial charge in [-0.15, -0.1) is 10.2 Å². The molecule has 2 heterocycles. The maximum absolute atomic E-state index is 5.94. The van der Waals surface area contributed by atoms with E-state index in [1.165, 1.54) is 0 Å². The highest BCUT2D eigenvalue weighted by Gasteiger charge is 2.10. The topological polar surface area (TPSA) is 50.7 Å². The van der Waals surface area contributed by atoms with E-state index in [0.29, 0.717) is 11.0 Å². The van der Waals surface area contributed by atoms with Gasteiger partial charge in [0, 0.05) is 0 Å². The van der Waals surface area contributed by atoms with Crippen molar-refractivity contribution in [2.75, 3.05) is 5.32 Å². The van der Waals surface area contributed by atoms with E-state index in [2.05, 4.69) is 20.5 Å². The number of halogens is 1. The lowest BCUT2D eigenvalue weighted by molar-refractivity contribution is 1.00. The van der Waals surface area contributed by atoms with Crippen LogP contribution in [0.2, 0.25) is 5.15 Å². The molecule has 0 fully saturated rings. The summed E-state index contributed by atoms with van der Waals surface area (Å²) in [6.45, 7) is 3.89. The van der Waals surface area contributed by atoms with Crippen LogP contribution in [-0.4, -0.2) is 15.2 Å². The molecule has 19 heavy (non-hydrogen) atoms. The lowest BCUT2D eigenvalue weighted by Gasteiger charge is -2.07. The number of rotatable bonds is 2. The molecule has 6 heteroatoms. The summed E-state index contributed by atoms with van der Waals surface area (Å²) in [5.74, 6) is 0.695. The molecule has 3 aromatic rings. The number of hydrogen-bond acceptors (Lipinski definition) is 5. The molecule has 0 aliphatic carbocycles. The minimum Gasteiger partial charge on any atom is -0.314 e. The first kappa shape index (κ1) is 12.3. The number of para-hydroxylation sites is 1. The van der Waals surface area contributed by atoms with Gasteiger partial charge in [0.2, 0.25) is 0 Å². The number of nitrogens with one attached hydrogen (secondary N) is 1. The van der Waals surface area contributed by atoms with Crippen molar-refractivity contribution in [1.29, 1.82) is 0 Å². The summed E-state index contributed by atoms with van der Waals surface area (Å²) in [6.07, 6.45) is 0. The molecule has 4 nitrogen and oxygen atoms in total. The highest BCUT2D eigenvalue weighted by molar-refractivity contribution is 7.22. The Morgan fingerprint density at radius 1 is 1.11 bits per heavy atom. The van der Waals surface area contributed by atoms with Crippen molar-refractivity contribution in [3.63, 3.8) is 0 Å². The third-order valence-corrected chi connectivity index (χ3v) is 4.30. The van der Waals surface area contributed by atoms with E-state index in [9.17, 15) is 0 Å². The molecule has 0 atom stereocenters. The van der Waals surface area contributed by atoms with Gasteiger partial charge in [-0.25, -0.2) is 4.98 Å². The predicted molar refractivity (Wildman–Crippen MR) is 79.4 cm³/mol. The van der Waals surface area contributed by atoms with Crippen molar-refractivity contribution in [3.05, 3.63) is 40.5 Å². The largest absolute Gasteiger partial charge is 0.314 e. The van der Waals surface area contributed by atoms with E-state index in [1.54, 1.807) is 11.3 Å². The average Bonchev–Trinajstić information content (AvgIpc) is 2.82. The zero-order chi connectivity index (χ0) is 13.4. The van der Waals surface area contributed by atoms with Crippen LogP contribution in [0.1, 0.15) is 11.1 Å². The first-order valence-electron chi connectivity index (χ1n) is 5.77. The Kier molecular flexibility index (Phi) is 3.08. The van der Waals surface area contributed by atoms with Gasteiger partial charge in [0.15, 0.2) is 16.1 Å². The maximum atomic E-state index is 5.94. The van der Waals surface area contributed by atoms with Crippen molar-refractivity contribution in [2.24, 2.45) is 0 Å². The minimum absolute atomic E-state index is 0.437. The van der Waals surface area contributed by atoms with Gasteiger partial charge in [0.1, 0.15) is 0 Å². The summed E-state index contributed by atoms with van der Waals surface area (Å²) >= 11 is 7.53. The first-order chi connectivity index (χ1) is 9.15. The van der Waals surface area contributed by atoms with Gasteiger partial charge >= 0.3 is 0 Å². The molecule has 96 valence electrons. The smallest absolute Gasteiger partial charge is 0.189 e. The van der Waals surface area contributed by atoms with Crippen LogP contribution in [0.25, 0.3) is 10.2 Å². The molecule has 1 aromatic carbocycles. The summed E-state index contributed by atoms with van der Waals surface area (Å²) in [7, 11) is 0. The van der Waals surface area contributed by atoms with Crippen LogP contribution < -0.4 is 5.32 Å². The van der Waals surface area contributed by atoms with Gasteiger partial charge < -0.3 is 5.32 Å². The number of fused-ring (bicyclic) bond motifs is 1. The fourth-order valence-corrected chi connectivity index (χ4v) is 2.77. The Morgan fingerprint density at radius 3 is 2.68 bits per heavy atom. The lowest BCUT2D eigenvalue weighted by atomic mass is 10.2. The van der Waals surface area contributed by atoms with Gasteiger partial charge in [-0.3, -0.25) is 0 Å². The molecule has 0 unspecified atom stereocenters. The van der Waals surface area contributed by atoms with Crippen molar-refractivity contribution in [2.45, 2.75) is 13.8 Å². The summed E-state index contributed by atoms with van der Waals surface area (Å²) in [5, 5.41) is 12.4. The molecule has 2 aromatic heterocycles. The molecule has 0 saturated carbocycles. The van der Waals surface area contributed by atoms with E-state index >= 15 is 0 Å². The molecule has 0 aliphatic heterocycles. The highest BCUT2D eigenvalue weighted by atomic mass is 35.5. The third kappa shape index (κ3) is 2.27. The normalized spacial score (nSPS) is 10.9. The fraction of sp³-hybridized carbons (Fsp3) is 0.154. The summed E-state index contributed by atoms with van der Waals surface area (Å²) < 4.78 is 1.14. The van der Waals surface area contributed by atoms with Crippen LogP contribution in [-0.2, 0) is 0 Å². The van der Waals surface area contributed by atoms with Crippen molar-refractivity contribution in [3.8, 4) is 0 Å². The Labute approximate surface area is 119 Å². The first-order valence-corrected chi connectivity index (χ1v) is 6.96.